The van der Waals surface area contributed by atoms with E-state index in [4.69, 9.17) is 24.1 Å². The molecule has 0 aromatic carbocycles. The first kappa shape index (κ1) is 28.2. The van der Waals surface area contributed by atoms with Gasteiger partial charge in [-0.15, -0.1) is 0 Å². The highest BCUT2D eigenvalue weighted by atomic mass is 16.6. The molecule has 0 aromatic heterocycles. The number of hydrogen-bond donors (Lipinski definition) is 2. The maximum atomic E-state index is 12.1. The lowest BCUT2D eigenvalue weighted by Gasteiger charge is -2.21. The van der Waals surface area contributed by atoms with Crippen LogP contribution in [0.15, 0.2) is 0 Å². The molecule has 0 fully saturated rings. The van der Waals surface area contributed by atoms with Crippen molar-refractivity contribution in [3.63, 3.8) is 0 Å². The number of ether oxygens (including phenoxy) is 4. The lowest BCUT2D eigenvalue weighted by Crippen LogP contribution is -2.34. The van der Waals surface area contributed by atoms with Crippen LogP contribution in [0.25, 0.3) is 0 Å². The Morgan fingerprint density at radius 3 is 1.77 bits per heavy atom. The standard InChI is InChI=1S/C20H38N2O8/c1-3-8-22(9-4-2)19(24)6-5-18(23)21-7-10-27-11-12-28-13-14-29-15-16-30-17-20(25)26/h3-17H2,1-2H3,(H,21,23)(H,25,26). The summed E-state index contributed by atoms with van der Waals surface area (Å²) in [4.78, 5) is 36.0. The van der Waals surface area contributed by atoms with Gasteiger partial charge in [-0.3, -0.25) is 9.59 Å². The molecule has 0 saturated heterocycles. The Balaban J connectivity index is 3.44. The lowest BCUT2D eigenvalue weighted by atomic mass is 10.2. The summed E-state index contributed by atoms with van der Waals surface area (Å²) >= 11 is 0. The Labute approximate surface area is 179 Å². The van der Waals surface area contributed by atoms with Crippen LogP contribution in [0, 0.1) is 0 Å². The number of rotatable bonds is 21. The van der Waals surface area contributed by atoms with E-state index in [-0.39, 0.29) is 37.9 Å². The van der Waals surface area contributed by atoms with E-state index in [9.17, 15) is 14.4 Å². The number of carboxylic acid groups (broad SMARTS) is 1. The Hall–Kier alpha value is -1.75. The molecule has 0 bridgehead atoms. The summed E-state index contributed by atoms with van der Waals surface area (Å²) in [6.45, 7) is 8.11. The normalized spacial score (nSPS) is 10.7. The molecule has 0 aliphatic rings. The zero-order chi connectivity index (χ0) is 22.5. The number of hydrogen-bond acceptors (Lipinski definition) is 7. The predicted molar refractivity (Wildman–Crippen MR) is 110 cm³/mol. The van der Waals surface area contributed by atoms with Crippen LogP contribution in [-0.2, 0) is 33.3 Å². The van der Waals surface area contributed by atoms with Crippen LogP contribution in [0.4, 0.5) is 0 Å². The van der Waals surface area contributed by atoms with Crippen LogP contribution in [-0.4, -0.2) is 100 Å². The third-order valence-electron chi connectivity index (χ3n) is 3.82. The number of amides is 2. The molecule has 0 aliphatic heterocycles. The van der Waals surface area contributed by atoms with Gasteiger partial charge in [-0.1, -0.05) is 13.8 Å². The highest BCUT2D eigenvalue weighted by Crippen LogP contribution is 2.01. The van der Waals surface area contributed by atoms with E-state index in [1.165, 1.54) is 0 Å². The summed E-state index contributed by atoms with van der Waals surface area (Å²) < 4.78 is 20.7. The third kappa shape index (κ3) is 18.3. The molecule has 176 valence electrons. The molecule has 0 rings (SSSR count). The lowest BCUT2D eigenvalue weighted by molar-refractivity contribution is -0.142. The van der Waals surface area contributed by atoms with Gasteiger partial charge in [-0.2, -0.15) is 0 Å². The summed E-state index contributed by atoms with van der Waals surface area (Å²) in [5.74, 6) is -1.13. The van der Waals surface area contributed by atoms with Crippen molar-refractivity contribution >= 4 is 17.8 Å². The summed E-state index contributed by atoms with van der Waals surface area (Å²) in [7, 11) is 0. The van der Waals surface area contributed by atoms with E-state index in [1.807, 2.05) is 18.7 Å². The van der Waals surface area contributed by atoms with Gasteiger partial charge in [0.2, 0.25) is 11.8 Å². The fourth-order valence-electron chi connectivity index (χ4n) is 2.45. The van der Waals surface area contributed by atoms with Gasteiger partial charge >= 0.3 is 5.97 Å². The van der Waals surface area contributed by atoms with E-state index < -0.39 is 5.97 Å². The fraction of sp³-hybridized carbons (Fsp3) is 0.850. The van der Waals surface area contributed by atoms with Crippen molar-refractivity contribution in [2.75, 3.05) is 72.5 Å². The fourth-order valence-corrected chi connectivity index (χ4v) is 2.45. The molecule has 0 aliphatic carbocycles. The molecule has 0 heterocycles. The number of nitrogens with one attached hydrogen (secondary N) is 1. The summed E-state index contributed by atoms with van der Waals surface area (Å²) in [6, 6.07) is 0. The molecule has 10 nitrogen and oxygen atoms in total. The Bertz CT molecular complexity index is 456. The number of carbonyl (C=O) groups excluding carboxylic acids is 2. The van der Waals surface area contributed by atoms with Crippen LogP contribution in [0.5, 0.6) is 0 Å². The first-order valence-corrected chi connectivity index (χ1v) is 10.6. The second-order valence-electron chi connectivity index (χ2n) is 6.51. The van der Waals surface area contributed by atoms with Gasteiger partial charge in [0.1, 0.15) is 6.61 Å². The molecular weight excluding hydrogens is 396 g/mol. The van der Waals surface area contributed by atoms with Crippen molar-refractivity contribution in [3.8, 4) is 0 Å². The molecule has 30 heavy (non-hydrogen) atoms. The van der Waals surface area contributed by atoms with Gasteiger partial charge in [0.05, 0.1) is 46.2 Å². The van der Waals surface area contributed by atoms with Gasteiger partial charge in [0.25, 0.3) is 0 Å². The first-order chi connectivity index (χ1) is 14.5. The van der Waals surface area contributed by atoms with Crippen molar-refractivity contribution in [2.24, 2.45) is 0 Å². The molecule has 10 heteroatoms. The van der Waals surface area contributed by atoms with E-state index in [1.54, 1.807) is 0 Å². The number of carbonyl (C=O) groups is 3. The molecular formula is C20H38N2O8. The second-order valence-corrected chi connectivity index (χ2v) is 6.51. The second kappa shape index (κ2) is 20.5. The van der Waals surface area contributed by atoms with E-state index in [0.29, 0.717) is 46.2 Å². The molecule has 0 aromatic rings. The average molecular weight is 435 g/mol. The highest BCUT2D eigenvalue weighted by molar-refractivity contribution is 5.83. The number of aliphatic carboxylic acids is 1. The minimum atomic E-state index is -1.01. The molecule has 2 N–H and O–H groups in total. The molecule has 0 saturated carbocycles. The van der Waals surface area contributed by atoms with Crippen LogP contribution < -0.4 is 5.32 Å². The zero-order valence-corrected chi connectivity index (χ0v) is 18.4. The topological polar surface area (TPSA) is 124 Å². The summed E-state index contributed by atoms with van der Waals surface area (Å²) in [5, 5.41) is 11.1. The van der Waals surface area contributed by atoms with Gasteiger partial charge < -0.3 is 34.3 Å². The maximum absolute atomic E-state index is 12.1. The molecule has 0 spiro atoms. The SMILES string of the molecule is CCCN(CCC)C(=O)CCC(=O)NCCOCCOCCOCCOCC(=O)O. The van der Waals surface area contributed by atoms with Crippen LogP contribution in [0.1, 0.15) is 39.5 Å². The molecule has 0 unspecified atom stereocenters. The Morgan fingerprint density at radius 2 is 1.27 bits per heavy atom. The van der Waals surface area contributed by atoms with Crippen molar-refractivity contribution in [1.82, 2.24) is 10.2 Å². The largest absolute Gasteiger partial charge is 0.480 e. The minimum absolute atomic E-state index is 0.0269. The quantitative estimate of drug-likeness (QED) is 0.253. The summed E-state index contributed by atoms with van der Waals surface area (Å²) in [5.41, 5.74) is 0. The van der Waals surface area contributed by atoms with E-state index in [2.05, 4.69) is 5.32 Å². The Morgan fingerprint density at radius 1 is 0.767 bits per heavy atom. The predicted octanol–water partition coefficient (Wildman–Crippen LogP) is 0.682. The first-order valence-electron chi connectivity index (χ1n) is 10.6. The van der Waals surface area contributed by atoms with Gasteiger partial charge in [0, 0.05) is 32.5 Å². The third-order valence-corrected chi connectivity index (χ3v) is 3.82. The zero-order valence-electron chi connectivity index (χ0n) is 18.4. The smallest absolute Gasteiger partial charge is 0.329 e. The van der Waals surface area contributed by atoms with Crippen LogP contribution in [0.3, 0.4) is 0 Å². The van der Waals surface area contributed by atoms with Gasteiger partial charge in [-0.25, -0.2) is 4.79 Å². The van der Waals surface area contributed by atoms with Gasteiger partial charge in [0.15, 0.2) is 0 Å². The van der Waals surface area contributed by atoms with E-state index >= 15 is 0 Å². The molecule has 0 radical (unpaired) electrons. The van der Waals surface area contributed by atoms with Crippen LogP contribution in [0.2, 0.25) is 0 Å². The van der Waals surface area contributed by atoms with Gasteiger partial charge in [-0.05, 0) is 12.8 Å². The molecule has 2 amide bonds. The van der Waals surface area contributed by atoms with Crippen molar-refractivity contribution in [3.05, 3.63) is 0 Å². The monoisotopic (exact) mass is 434 g/mol. The van der Waals surface area contributed by atoms with Crippen molar-refractivity contribution < 1.29 is 38.4 Å². The highest BCUT2D eigenvalue weighted by Gasteiger charge is 2.13. The van der Waals surface area contributed by atoms with Crippen LogP contribution >= 0.6 is 0 Å². The average Bonchev–Trinajstić information content (AvgIpc) is 2.71. The number of nitrogens with zero attached hydrogens (tertiary/aromatic N) is 1. The number of carboxylic acids is 1. The summed E-state index contributed by atoms with van der Waals surface area (Å²) in [6.07, 6.45) is 2.24. The maximum Gasteiger partial charge on any atom is 0.329 e. The van der Waals surface area contributed by atoms with Crippen molar-refractivity contribution in [2.45, 2.75) is 39.5 Å². The van der Waals surface area contributed by atoms with E-state index in [0.717, 1.165) is 25.9 Å². The Kier molecular flexibility index (Phi) is 19.3. The van der Waals surface area contributed by atoms with Crippen molar-refractivity contribution in [1.29, 1.82) is 0 Å². The molecule has 0 atom stereocenters. The minimum Gasteiger partial charge on any atom is -0.480 e.